The van der Waals surface area contributed by atoms with E-state index in [1.165, 1.54) is 38.2 Å². The van der Waals surface area contributed by atoms with Crippen LogP contribution in [0, 0.1) is 35.4 Å². The molecule has 112 valence electrons. The molecule has 0 N–H and O–H groups in total. The average molecular weight is 307 g/mol. The van der Waals surface area contributed by atoms with Gasteiger partial charge in [0.1, 0.15) is 11.6 Å². The molecule has 0 heterocycles. The summed E-state index contributed by atoms with van der Waals surface area (Å²) in [6.45, 7) is 0. The fourth-order valence-corrected chi connectivity index (χ4v) is 5.62. The Bertz CT molecular complexity index is 555. The number of ketones is 1. The maximum Gasteiger partial charge on any atom is 0.141 e. The Kier molecular flexibility index (Phi) is 3.33. The number of halogens is 2. The van der Waals surface area contributed by atoms with Gasteiger partial charge in [-0.05, 0) is 73.5 Å². The maximum absolute atomic E-state index is 13.2. The van der Waals surface area contributed by atoms with Crippen LogP contribution in [-0.2, 0) is 11.2 Å². The van der Waals surface area contributed by atoms with E-state index in [4.69, 9.17) is 11.6 Å². The van der Waals surface area contributed by atoms with E-state index in [-0.39, 0.29) is 10.9 Å². The van der Waals surface area contributed by atoms with Crippen molar-refractivity contribution in [3.8, 4) is 0 Å². The lowest BCUT2D eigenvalue weighted by Gasteiger charge is -2.53. The molecule has 0 aromatic heterocycles. The van der Waals surface area contributed by atoms with Crippen LogP contribution in [0.15, 0.2) is 18.2 Å². The lowest BCUT2D eigenvalue weighted by atomic mass is 9.51. The van der Waals surface area contributed by atoms with E-state index in [2.05, 4.69) is 0 Å². The Labute approximate surface area is 129 Å². The minimum absolute atomic E-state index is 0.116. The zero-order chi connectivity index (χ0) is 14.6. The van der Waals surface area contributed by atoms with Gasteiger partial charge in [-0.25, -0.2) is 4.39 Å². The molecule has 0 atom stereocenters. The van der Waals surface area contributed by atoms with Gasteiger partial charge in [0.25, 0.3) is 0 Å². The Hall–Kier alpha value is -0.890. The molecule has 0 radical (unpaired) electrons. The van der Waals surface area contributed by atoms with Crippen molar-refractivity contribution in [3.63, 3.8) is 0 Å². The quantitative estimate of drug-likeness (QED) is 0.793. The van der Waals surface area contributed by atoms with Crippen molar-refractivity contribution in [3.05, 3.63) is 34.6 Å². The van der Waals surface area contributed by atoms with Gasteiger partial charge < -0.3 is 0 Å². The average Bonchev–Trinajstić information content (AvgIpc) is 2.41. The Morgan fingerprint density at radius 1 is 1.10 bits per heavy atom. The number of carbonyl (C=O) groups is 1. The number of benzene rings is 1. The molecule has 0 unspecified atom stereocenters. The van der Waals surface area contributed by atoms with Gasteiger partial charge in [0.15, 0.2) is 0 Å². The van der Waals surface area contributed by atoms with Gasteiger partial charge in [0, 0.05) is 12.3 Å². The molecule has 4 saturated carbocycles. The minimum atomic E-state index is -0.414. The smallest absolute Gasteiger partial charge is 0.141 e. The van der Waals surface area contributed by atoms with Gasteiger partial charge >= 0.3 is 0 Å². The second-order valence-corrected chi connectivity index (χ2v) is 7.76. The second kappa shape index (κ2) is 5.08. The fraction of sp³-hybridized carbons (Fsp3) is 0.611. The third-order valence-corrected chi connectivity index (χ3v) is 6.25. The normalized spacial score (nSPS) is 37.0. The maximum atomic E-state index is 13.2. The molecular weight excluding hydrogens is 287 g/mol. The highest BCUT2D eigenvalue weighted by molar-refractivity contribution is 6.30. The van der Waals surface area contributed by atoms with Gasteiger partial charge in [-0.3, -0.25) is 4.79 Å². The molecule has 21 heavy (non-hydrogen) atoms. The molecule has 0 saturated heterocycles. The molecule has 0 spiro atoms. The molecule has 5 rings (SSSR count). The summed E-state index contributed by atoms with van der Waals surface area (Å²) < 4.78 is 13.2. The van der Waals surface area contributed by atoms with Crippen LogP contribution in [0.2, 0.25) is 5.02 Å². The first kappa shape index (κ1) is 13.8. The number of carbonyl (C=O) groups excluding carboxylic acids is 1. The van der Waals surface area contributed by atoms with E-state index in [1.54, 1.807) is 12.1 Å². The number of Topliss-reactive ketones (excluding diaryl/α,β-unsaturated/α-hetero) is 1. The molecule has 4 fully saturated rings. The summed E-state index contributed by atoms with van der Waals surface area (Å²) in [4.78, 5) is 12.8. The minimum Gasteiger partial charge on any atom is -0.299 e. The molecule has 0 amide bonds. The molecule has 4 aliphatic rings. The first-order valence-corrected chi connectivity index (χ1v) is 8.44. The van der Waals surface area contributed by atoms with E-state index in [0.29, 0.717) is 24.0 Å². The SMILES string of the molecule is O=C(Cc1ccc(F)c(Cl)c1)C1C2CC3CC(C2)CC1C3. The van der Waals surface area contributed by atoms with Crippen molar-refractivity contribution < 1.29 is 9.18 Å². The predicted molar refractivity (Wildman–Crippen MR) is 80.7 cm³/mol. The van der Waals surface area contributed by atoms with Crippen LogP contribution in [0.1, 0.15) is 37.7 Å². The fourth-order valence-electron chi connectivity index (χ4n) is 5.42. The molecule has 4 aliphatic carbocycles. The highest BCUT2D eigenvalue weighted by atomic mass is 35.5. The summed E-state index contributed by atoms with van der Waals surface area (Å²) in [6, 6.07) is 4.65. The predicted octanol–water partition coefficient (Wildman–Crippen LogP) is 4.66. The largest absolute Gasteiger partial charge is 0.299 e. The van der Waals surface area contributed by atoms with Crippen LogP contribution in [0.25, 0.3) is 0 Å². The zero-order valence-electron chi connectivity index (χ0n) is 12.0. The molecular formula is C18H20ClFO. The Morgan fingerprint density at radius 2 is 1.71 bits per heavy atom. The van der Waals surface area contributed by atoms with E-state index in [9.17, 15) is 9.18 Å². The highest BCUT2D eigenvalue weighted by Crippen LogP contribution is 2.56. The van der Waals surface area contributed by atoms with E-state index in [1.807, 2.05) is 0 Å². The highest BCUT2D eigenvalue weighted by Gasteiger charge is 2.50. The molecule has 1 nitrogen and oxygen atoms in total. The monoisotopic (exact) mass is 306 g/mol. The third-order valence-electron chi connectivity index (χ3n) is 5.96. The molecule has 4 bridgehead atoms. The number of hydrogen-bond donors (Lipinski definition) is 0. The van der Waals surface area contributed by atoms with Crippen LogP contribution >= 0.6 is 11.6 Å². The van der Waals surface area contributed by atoms with Crippen molar-refractivity contribution in [1.82, 2.24) is 0 Å². The van der Waals surface area contributed by atoms with Crippen molar-refractivity contribution in [2.75, 3.05) is 0 Å². The van der Waals surface area contributed by atoms with E-state index in [0.717, 1.165) is 17.4 Å². The summed E-state index contributed by atoms with van der Waals surface area (Å²) in [5.74, 6) is 3.19. The molecule has 3 heteroatoms. The van der Waals surface area contributed by atoms with E-state index < -0.39 is 5.82 Å². The standard InChI is InChI=1S/C18H20ClFO/c19-15-8-10(1-2-16(15)20)9-17(21)18-13-4-11-3-12(6-13)7-14(18)5-11/h1-2,8,11-14,18H,3-7,9H2. The van der Waals surface area contributed by atoms with Gasteiger partial charge in [-0.15, -0.1) is 0 Å². The zero-order valence-corrected chi connectivity index (χ0v) is 12.8. The molecule has 1 aromatic carbocycles. The van der Waals surface area contributed by atoms with Crippen molar-refractivity contribution in [1.29, 1.82) is 0 Å². The van der Waals surface area contributed by atoms with Gasteiger partial charge in [-0.1, -0.05) is 17.7 Å². The summed E-state index contributed by atoms with van der Waals surface area (Å²) >= 11 is 5.82. The van der Waals surface area contributed by atoms with Gasteiger partial charge in [0.2, 0.25) is 0 Å². The Balaban J connectivity index is 1.51. The topological polar surface area (TPSA) is 17.1 Å². The van der Waals surface area contributed by atoms with Crippen molar-refractivity contribution in [2.45, 2.75) is 38.5 Å². The van der Waals surface area contributed by atoms with E-state index >= 15 is 0 Å². The Morgan fingerprint density at radius 3 is 2.29 bits per heavy atom. The first-order chi connectivity index (χ1) is 10.1. The summed E-state index contributed by atoms with van der Waals surface area (Å²) in [5, 5.41) is 0.116. The summed E-state index contributed by atoms with van der Waals surface area (Å²) in [6.07, 6.45) is 6.84. The van der Waals surface area contributed by atoms with Crippen LogP contribution in [-0.4, -0.2) is 5.78 Å². The van der Waals surface area contributed by atoms with Crippen LogP contribution in [0.3, 0.4) is 0 Å². The molecule has 1 aromatic rings. The third kappa shape index (κ3) is 2.42. The van der Waals surface area contributed by atoms with Crippen molar-refractivity contribution >= 4 is 17.4 Å². The van der Waals surface area contributed by atoms with Crippen LogP contribution in [0.4, 0.5) is 4.39 Å². The van der Waals surface area contributed by atoms with Crippen LogP contribution in [0.5, 0.6) is 0 Å². The van der Waals surface area contributed by atoms with Gasteiger partial charge in [0.05, 0.1) is 5.02 Å². The number of rotatable bonds is 3. The van der Waals surface area contributed by atoms with Gasteiger partial charge in [-0.2, -0.15) is 0 Å². The molecule has 0 aliphatic heterocycles. The second-order valence-electron chi connectivity index (χ2n) is 7.35. The van der Waals surface area contributed by atoms with Crippen LogP contribution < -0.4 is 0 Å². The lowest BCUT2D eigenvalue weighted by molar-refractivity contribution is -0.135. The lowest BCUT2D eigenvalue weighted by Crippen LogP contribution is -2.48. The number of hydrogen-bond acceptors (Lipinski definition) is 1. The summed E-state index contributed by atoms with van der Waals surface area (Å²) in [5.41, 5.74) is 0.847. The van der Waals surface area contributed by atoms with Crippen molar-refractivity contribution in [2.24, 2.45) is 29.6 Å². The summed E-state index contributed by atoms with van der Waals surface area (Å²) in [7, 11) is 0. The first-order valence-electron chi connectivity index (χ1n) is 8.07.